The molecule has 1 aliphatic carbocycles. The summed E-state index contributed by atoms with van der Waals surface area (Å²) in [6.45, 7) is 4.25. The van der Waals surface area contributed by atoms with E-state index >= 15 is 0 Å². The first-order valence-corrected chi connectivity index (χ1v) is 8.10. The van der Waals surface area contributed by atoms with Crippen molar-refractivity contribution in [2.24, 2.45) is 5.92 Å². The van der Waals surface area contributed by atoms with Gasteiger partial charge in [-0.3, -0.25) is 14.4 Å². The fourth-order valence-corrected chi connectivity index (χ4v) is 2.53. The van der Waals surface area contributed by atoms with Crippen LogP contribution in [0.2, 0.25) is 0 Å². The van der Waals surface area contributed by atoms with Gasteiger partial charge in [-0.2, -0.15) is 0 Å². The lowest BCUT2D eigenvalue weighted by atomic mass is 10.0. The predicted molar refractivity (Wildman–Crippen MR) is 79.7 cm³/mol. The summed E-state index contributed by atoms with van der Waals surface area (Å²) in [6.07, 6.45) is -0.431. The summed E-state index contributed by atoms with van der Waals surface area (Å²) in [4.78, 5) is 33.8. The van der Waals surface area contributed by atoms with E-state index < -0.39 is 42.5 Å². The summed E-state index contributed by atoms with van der Waals surface area (Å²) in [5.74, 6) is -0.971. The van der Waals surface area contributed by atoms with Gasteiger partial charge in [0.05, 0.1) is 6.61 Å². The molecule has 1 saturated carbocycles. The molecule has 0 aromatic heterocycles. The summed E-state index contributed by atoms with van der Waals surface area (Å²) >= 11 is 0. The zero-order valence-electron chi connectivity index (χ0n) is 14.2. The van der Waals surface area contributed by atoms with Crippen LogP contribution in [0, 0.1) is 5.92 Å². The third-order valence-corrected chi connectivity index (χ3v) is 3.77. The van der Waals surface area contributed by atoms with Crippen LogP contribution in [0.25, 0.3) is 0 Å². The van der Waals surface area contributed by atoms with E-state index in [-0.39, 0.29) is 13.0 Å². The lowest BCUT2D eigenvalue weighted by Crippen LogP contribution is -2.54. The lowest BCUT2D eigenvalue weighted by molar-refractivity contribution is -0.267. The topological polar surface area (TPSA) is 97.4 Å². The maximum atomic E-state index is 11.4. The number of hydrogen-bond acceptors (Lipinski definition) is 8. The van der Waals surface area contributed by atoms with Crippen molar-refractivity contribution in [1.82, 2.24) is 0 Å². The Kier molecular flexibility index (Phi) is 6.56. The van der Waals surface area contributed by atoms with Crippen LogP contribution in [-0.2, 0) is 38.1 Å². The van der Waals surface area contributed by atoms with Crippen molar-refractivity contribution < 1.29 is 38.1 Å². The van der Waals surface area contributed by atoms with E-state index in [1.54, 1.807) is 0 Å². The quantitative estimate of drug-likeness (QED) is 0.497. The Hall–Kier alpha value is -1.67. The van der Waals surface area contributed by atoms with Crippen molar-refractivity contribution in [3.05, 3.63) is 0 Å². The van der Waals surface area contributed by atoms with Crippen LogP contribution in [0.4, 0.5) is 0 Å². The molecule has 0 radical (unpaired) electrons. The average Bonchev–Trinajstić information content (AvgIpc) is 3.28. The average molecular weight is 344 g/mol. The maximum Gasteiger partial charge on any atom is 0.303 e. The van der Waals surface area contributed by atoms with E-state index in [0.717, 1.165) is 12.8 Å². The molecule has 1 saturated heterocycles. The number of rotatable bonds is 7. The van der Waals surface area contributed by atoms with E-state index in [4.69, 9.17) is 23.7 Å². The molecule has 0 aromatic carbocycles. The van der Waals surface area contributed by atoms with Gasteiger partial charge in [0.1, 0.15) is 18.8 Å². The monoisotopic (exact) mass is 344 g/mol. The molecular weight excluding hydrogens is 320 g/mol. The van der Waals surface area contributed by atoms with Gasteiger partial charge in [0, 0.05) is 27.2 Å². The van der Waals surface area contributed by atoms with Crippen molar-refractivity contribution >= 4 is 17.9 Å². The summed E-state index contributed by atoms with van der Waals surface area (Å²) in [5, 5.41) is 0. The second-order valence-corrected chi connectivity index (χ2v) is 6.14. The number of carbonyl (C=O) groups excluding carboxylic acids is 3. The number of carbonyl (C=O) groups is 3. The van der Waals surface area contributed by atoms with Crippen LogP contribution in [0.15, 0.2) is 0 Å². The van der Waals surface area contributed by atoms with E-state index in [1.807, 2.05) is 0 Å². The van der Waals surface area contributed by atoms with Crippen LogP contribution in [0.5, 0.6) is 0 Å². The third kappa shape index (κ3) is 6.09. The summed E-state index contributed by atoms with van der Waals surface area (Å²) in [5.41, 5.74) is 0. The highest BCUT2D eigenvalue weighted by Gasteiger charge is 2.44. The number of esters is 3. The van der Waals surface area contributed by atoms with Crippen molar-refractivity contribution in [2.75, 3.05) is 13.2 Å². The molecule has 136 valence electrons. The molecule has 0 bridgehead atoms. The molecule has 0 amide bonds. The van der Waals surface area contributed by atoms with Crippen molar-refractivity contribution in [3.63, 3.8) is 0 Å². The van der Waals surface area contributed by atoms with E-state index in [0.29, 0.717) is 12.5 Å². The van der Waals surface area contributed by atoms with Gasteiger partial charge in [-0.25, -0.2) is 0 Å². The van der Waals surface area contributed by atoms with E-state index in [1.165, 1.54) is 20.8 Å². The number of ether oxygens (including phenoxy) is 5. The highest BCUT2D eigenvalue weighted by atomic mass is 16.7. The molecule has 0 N–H and O–H groups in total. The van der Waals surface area contributed by atoms with E-state index in [9.17, 15) is 14.4 Å². The Labute approximate surface area is 140 Å². The fraction of sp³-hybridized carbons (Fsp3) is 0.812. The Bertz CT molecular complexity index is 473. The summed E-state index contributed by atoms with van der Waals surface area (Å²) in [7, 11) is 0. The van der Waals surface area contributed by atoms with Crippen LogP contribution < -0.4 is 0 Å². The molecule has 2 aliphatic rings. The Morgan fingerprint density at radius 1 is 0.958 bits per heavy atom. The Morgan fingerprint density at radius 3 is 2.17 bits per heavy atom. The number of hydrogen-bond donors (Lipinski definition) is 0. The lowest BCUT2D eigenvalue weighted by Gasteiger charge is -2.39. The Balaban J connectivity index is 2.06. The molecule has 2 fully saturated rings. The van der Waals surface area contributed by atoms with Gasteiger partial charge in [0.15, 0.2) is 12.4 Å². The van der Waals surface area contributed by atoms with E-state index in [2.05, 4.69) is 0 Å². The van der Waals surface area contributed by atoms with Crippen molar-refractivity contribution in [2.45, 2.75) is 64.6 Å². The molecule has 1 aliphatic heterocycles. The van der Waals surface area contributed by atoms with Crippen LogP contribution in [0.3, 0.4) is 0 Å². The predicted octanol–water partition coefficient (Wildman–Crippen LogP) is 0.954. The zero-order valence-corrected chi connectivity index (χ0v) is 14.2. The first kappa shape index (κ1) is 18.7. The second-order valence-electron chi connectivity index (χ2n) is 6.14. The van der Waals surface area contributed by atoms with Crippen molar-refractivity contribution in [3.8, 4) is 0 Å². The first-order chi connectivity index (χ1) is 11.3. The van der Waals surface area contributed by atoms with Gasteiger partial charge in [-0.1, -0.05) is 0 Å². The highest BCUT2D eigenvalue weighted by molar-refractivity contribution is 5.67. The third-order valence-electron chi connectivity index (χ3n) is 3.77. The molecule has 24 heavy (non-hydrogen) atoms. The smallest absolute Gasteiger partial charge is 0.303 e. The van der Waals surface area contributed by atoms with Crippen LogP contribution in [0.1, 0.15) is 40.0 Å². The van der Waals surface area contributed by atoms with Crippen LogP contribution in [-0.4, -0.2) is 55.7 Å². The van der Waals surface area contributed by atoms with Crippen molar-refractivity contribution in [1.29, 1.82) is 0 Å². The summed E-state index contributed by atoms with van der Waals surface area (Å²) < 4.78 is 27.0. The second kappa shape index (κ2) is 8.43. The zero-order chi connectivity index (χ0) is 17.7. The molecule has 2 rings (SSSR count). The molecule has 0 aromatic rings. The Morgan fingerprint density at radius 2 is 1.62 bits per heavy atom. The largest absolute Gasteiger partial charge is 0.463 e. The summed E-state index contributed by atoms with van der Waals surface area (Å²) in [6, 6.07) is 0. The minimum atomic E-state index is -0.855. The molecule has 8 nitrogen and oxygen atoms in total. The maximum absolute atomic E-state index is 11.4. The van der Waals surface area contributed by atoms with Gasteiger partial charge in [-0.15, -0.1) is 0 Å². The fourth-order valence-electron chi connectivity index (χ4n) is 2.53. The highest BCUT2D eigenvalue weighted by Crippen LogP contribution is 2.32. The van der Waals surface area contributed by atoms with Gasteiger partial charge in [0.2, 0.25) is 0 Å². The molecule has 4 atom stereocenters. The minimum absolute atomic E-state index is 0.117. The molecule has 0 spiro atoms. The first-order valence-electron chi connectivity index (χ1n) is 8.10. The van der Waals surface area contributed by atoms with Gasteiger partial charge in [0.25, 0.3) is 0 Å². The van der Waals surface area contributed by atoms with Gasteiger partial charge < -0.3 is 23.7 Å². The van der Waals surface area contributed by atoms with Crippen LogP contribution >= 0.6 is 0 Å². The minimum Gasteiger partial charge on any atom is -0.463 e. The van der Waals surface area contributed by atoms with Gasteiger partial charge >= 0.3 is 17.9 Å². The molecule has 8 heteroatoms. The standard InChI is InChI=1S/C16H24O8/c1-9(17)20-8-14-16(23-11(3)19)13(22-10(2)18)6-15(24-14)21-7-12-4-5-12/h12-16H,4-8H2,1-3H3/t13-,14-,15+,16+/m1/s1. The SMILES string of the molecule is CC(=O)OC[C@H]1O[C@H](OCC2CC2)C[C@@H](OC(C)=O)[C@@H]1OC(C)=O. The van der Waals surface area contributed by atoms with Gasteiger partial charge in [-0.05, 0) is 18.8 Å². The molecular formula is C16H24O8. The normalized spacial score (nSPS) is 29.6. The molecule has 1 heterocycles. The molecule has 0 unspecified atom stereocenters.